The van der Waals surface area contributed by atoms with Crippen LogP contribution in [0.1, 0.15) is 20.3 Å². The maximum atomic E-state index is 11.5. The van der Waals surface area contributed by atoms with Crippen LogP contribution in [0.5, 0.6) is 5.88 Å². The lowest BCUT2D eigenvalue weighted by Gasteiger charge is -2.15. The predicted octanol–water partition coefficient (Wildman–Crippen LogP) is 3.11. The molecule has 0 fully saturated rings. The van der Waals surface area contributed by atoms with Crippen molar-refractivity contribution < 1.29 is 14.3 Å². The second kappa shape index (κ2) is 6.67. The molecule has 6 heteroatoms. The molecule has 1 unspecified atom stereocenters. The lowest BCUT2D eigenvalue weighted by Crippen LogP contribution is -2.29. The first-order valence-corrected chi connectivity index (χ1v) is 5.98. The van der Waals surface area contributed by atoms with Crippen molar-refractivity contribution in [3.63, 3.8) is 0 Å². The van der Waals surface area contributed by atoms with Crippen LogP contribution in [-0.2, 0) is 9.53 Å². The van der Waals surface area contributed by atoms with Crippen molar-refractivity contribution in [1.82, 2.24) is 4.98 Å². The average Bonchev–Trinajstić information content (AvgIpc) is 2.28. The van der Waals surface area contributed by atoms with Crippen LogP contribution in [0.4, 0.5) is 0 Å². The summed E-state index contributed by atoms with van der Waals surface area (Å²) in [4.78, 5) is 15.4. The number of aromatic nitrogens is 1. The lowest BCUT2D eigenvalue weighted by atomic mass is 10.3. The minimum Gasteiger partial charge on any atom is -0.463 e. The molecule has 1 aromatic heterocycles. The molecule has 94 valence electrons. The molecule has 0 amide bonds. The van der Waals surface area contributed by atoms with Gasteiger partial charge in [-0.25, -0.2) is 9.78 Å². The van der Waals surface area contributed by atoms with E-state index in [1.54, 1.807) is 6.92 Å². The Labute approximate surface area is 110 Å². The number of nitrogens with zero attached hydrogens (tertiary/aromatic N) is 1. The second-order valence-corrected chi connectivity index (χ2v) is 4.05. The van der Waals surface area contributed by atoms with Gasteiger partial charge in [0.1, 0.15) is 5.02 Å². The molecule has 1 aromatic rings. The molecular formula is C11H13Cl2NO3. The molecule has 17 heavy (non-hydrogen) atoms. The number of carbonyl (C=O) groups excluding carboxylic acids is 1. The van der Waals surface area contributed by atoms with Crippen molar-refractivity contribution in [2.75, 3.05) is 6.61 Å². The molecule has 1 atom stereocenters. The van der Waals surface area contributed by atoms with Gasteiger partial charge in [0.15, 0.2) is 6.10 Å². The Morgan fingerprint density at radius 3 is 2.71 bits per heavy atom. The van der Waals surface area contributed by atoms with Crippen LogP contribution in [-0.4, -0.2) is 23.7 Å². The first-order valence-electron chi connectivity index (χ1n) is 5.22. The Morgan fingerprint density at radius 1 is 1.47 bits per heavy atom. The average molecular weight is 278 g/mol. The van der Waals surface area contributed by atoms with Gasteiger partial charge in [0.2, 0.25) is 5.88 Å². The third-order valence-electron chi connectivity index (χ3n) is 1.95. The summed E-state index contributed by atoms with van der Waals surface area (Å²) in [5, 5.41) is 0.673. The third-order valence-corrected chi connectivity index (χ3v) is 2.43. The van der Waals surface area contributed by atoms with Crippen molar-refractivity contribution in [2.45, 2.75) is 26.4 Å². The molecule has 0 saturated carbocycles. The summed E-state index contributed by atoms with van der Waals surface area (Å²) in [5.74, 6) is -0.251. The Balaban J connectivity index is 2.77. The van der Waals surface area contributed by atoms with Crippen LogP contribution in [0.3, 0.4) is 0 Å². The standard InChI is InChI=1S/C11H13Cl2NO3/c1-3-9(11(15)16-4-2)17-10-8(13)5-7(12)6-14-10/h5-6,9H,3-4H2,1-2H3. The van der Waals surface area contributed by atoms with Crippen LogP contribution in [0.2, 0.25) is 10.0 Å². The molecule has 0 aromatic carbocycles. The van der Waals surface area contributed by atoms with Crippen molar-refractivity contribution >= 4 is 29.2 Å². The molecule has 0 aliphatic rings. The summed E-state index contributed by atoms with van der Waals surface area (Å²) in [5.41, 5.74) is 0. The highest BCUT2D eigenvalue weighted by atomic mass is 35.5. The number of rotatable bonds is 5. The van der Waals surface area contributed by atoms with Crippen molar-refractivity contribution in [3.05, 3.63) is 22.3 Å². The van der Waals surface area contributed by atoms with E-state index in [1.165, 1.54) is 12.3 Å². The van der Waals surface area contributed by atoms with E-state index in [4.69, 9.17) is 32.7 Å². The third kappa shape index (κ3) is 4.06. The highest BCUT2D eigenvalue weighted by molar-refractivity contribution is 6.35. The molecule has 1 heterocycles. The lowest BCUT2D eigenvalue weighted by molar-refractivity contribution is -0.151. The minimum atomic E-state index is -0.707. The molecule has 0 saturated heterocycles. The van der Waals surface area contributed by atoms with E-state index >= 15 is 0 Å². The van der Waals surface area contributed by atoms with E-state index in [0.29, 0.717) is 18.1 Å². The van der Waals surface area contributed by atoms with E-state index in [2.05, 4.69) is 4.98 Å². The zero-order chi connectivity index (χ0) is 12.8. The molecule has 0 N–H and O–H groups in total. The molecule has 4 nitrogen and oxygen atoms in total. The Bertz CT molecular complexity index is 398. The quantitative estimate of drug-likeness (QED) is 0.776. The van der Waals surface area contributed by atoms with Gasteiger partial charge in [-0.1, -0.05) is 30.1 Å². The van der Waals surface area contributed by atoms with Crippen LogP contribution in [0.15, 0.2) is 12.3 Å². The number of ether oxygens (including phenoxy) is 2. The van der Waals surface area contributed by atoms with Gasteiger partial charge >= 0.3 is 5.97 Å². The summed E-state index contributed by atoms with van der Waals surface area (Å²) in [6.07, 6.45) is 1.17. The maximum Gasteiger partial charge on any atom is 0.347 e. The van der Waals surface area contributed by atoms with Gasteiger partial charge in [-0.2, -0.15) is 0 Å². The monoisotopic (exact) mass is 277 g/mol. The predicted molar refractivity (Wildman–Crippen MR) is 65.6 cm³/mol. The van der Waals surface area contributed by atoms with Gasteiger partial charge < -0.3 is 9.47 Å². The van der Waals surface area contributed by atoms with Gasteiger partial charge in [0.05, 0.1) is 11.6 Å². The van der Waals surface area contributed by atoms with E-state index in [1.807, 2.05) is 6.92 Å². The normalized spacial score (nSPS) is 12.0. The van der Waals surface area contributed by atoms with Crippen LogP contribution in [0, 0.1) is 0 Å². The number of esters is 1. The summed E-state index contributed by atoms with van der Waals surface area (Å²) < 4.78 is 10.3. The summed E-state index contributed by atoms with van der Waals surface area (Å²) in [7, 11) is 0. The highest BCUT2D eigenvalue weighted by Crippen LogP contribution is 2.25. The van der Waals surface area contributed by atoms with E-state index in [0.717, 1.165) is 0 Å². The largest absolute Gasteiger partial charge is 0.463 e. The van der Waals surface area contributed by atoms with E-state index < -0.39 is 12.1 Å². The maximum absolute atomic E-state index is 11.5. The summed E-state index contributed by atoms with van der Waals surface area (Å²) in [6, 6.07) is 1.50. The van der Waals surface area contributed by atoms with Crippen LogP contribution < -0.4 is 4.74 Å². The van der Waals surface area contributed by atoms with Crippen molar-refractivity contribution in [2.24, 2.45) is 0 Å². The van der Waals surface area contributed by atoms with Gasteiger partial charge in [-0.05, 0) is 19.4 Å². The number of hydrogen-bond acceptors (Lipinski definition) is 4. The minimum absolute atomic E-state index is 0.177. The smallest absolute Gasteiger partial charge is 0.347 e. The Hall–Kier alpha value is -1.000. The van der Waals surface area contributed by atoms with Crippen LogP contribution in [0.25, 0.3) is 0 Å². The van der Waals surface area contributed by atoms with Gasteiger partial charge in [0, 0.05) is 6.20 Å². The van der Waals surface area contributed by atoms with Crippen molar-refractivity contribution in [1.29, 1.82) is 0 Å². The fraction of sp³-hybridized carbons (Fsp3) is 0.455. The number of halogens is 2. The first kappa shape index (κ1) is 14.1. The fourth-order valence-corrected chi connectivity index (χ4v) is 1.58. The van der Waals surface area contributed by atoms with Crippen molar-refractivity contribution in [3.8, 4) is 5.88 Å². The number of carbonyl (C=O) groups is 1. The van der Waals surface area contributed by atoms with E-state index in [-0.39, 0.29) is 10.9 Å². The molecular weight excluding hydrogens is 265 g/mol. The Kier molecular flexibility index (Phi) is 5.51. The summed E-state index contributed by atoms with van der Waals surface area (Å²) in [6.45, 7) is 3.85. The number of pyridine rings is 1. The highest BCUT2D eigenvalue weighted by Gasteiger charge is 2.21. The molecule has 0 aliphatic carbocycles. The second-order valence-electron chi connectivity index (χ2n) is 3.21. The molecule has 0 aliphatic heterocycles. The molecule has 0 spiro atoms. The van der Waals surface area contributed by atoms with Gasteiger partial charge in [-0.15, -0.1) is 0 Å². The topological polar surface area (TPSA) is 48.4 Å². The SMILES string of the molecule is CCOC(=O)C(CC)Oc1ncc(Cl)cc1Cl. The molecule has 1 rings (SSSR count). The van der Waals surface area contributed by atoms with Gasteiger partial charge in [-0.3, -0.25) is 0 Å². The fourth-order valence-electron chi connectivity index (χ4n) is 1.16. The number of hydrogen-bond donors (Lipinski definition) is 0. The molecule has 0 radical (unpaired) electrons. The van der Waals surface area contributed by atoms with Gasteiger partial charge in [0.25, 0.3) is 0 Å². The summed E-state index contributed by atoms with van der Waals surface area (Å²) >= 11 is 11.6. The zero-order valence-corrected chi connectivity index (χ0v) is 11.1. The molecule has 0 bridgehead atoms. The van der Waals surface area contributed by atoms with E-state index in [9.17, 15) is 4.79 Å². The zero-order valence-electron chi connectivity index (χ0n) is 9.57. The van der Waals surface area contributed by atoms with Crippen LogP contribution >= 0.6 is 23.2 Å². The Morgan fingerprint density at radius 2 is 2.18 bits per heavy atom. The first-order chi connectivity index (χ1) is 8.08.